The highest BCUT2D eigenvalue weighted by atomic mass is 16.8. The van der Waals surface area contributed by atoms with Gasteiger partial charge in [0.25, 0.3) is 0 Å². The third-order valence-corrected chi connectivity index (χ3v) is 2.75. The number of rotatable bonds is 3. The van der Waals surface area contributed by atoms with Crippen LogP contribution < -0.4 is 0 Å². The maximum absolute atomic E-state index is 11.3. The topological polar surface area (TPSA) is 35.5 Å². The molecule has 19 heavy (non-hydrogen) atoms. The van der Waals surface area contributed by atoms with Gasteiger partial charge in [0.1, 0.15) is 0 Å². The number of allylic oxidation sites excluding steroid dienone is 1. The van der Waals surface area contributed by atoms with E-state index in [1.165, 1.54) is 0 Å². The summed E-state index contributed by atoms with van der Waals surface area (Å²) in [6.07, 6.45) is 2.11. The van der Waals surface area contributed by atoms with Gasteiger partial charge in [-0.05, 0) is 18.1 Å². The normalized spacial score (nSPS) is 21.7. The van der Waals surface area contributed by atoms with Gasteiger partial charge in [0.05, 0.1) is 0 Å². The predicted octanol–water partition coefficient (Wildman–Crippen LogP) is 4.20. The SMILES string of the molecule is C=C.C=C/C(=C\C)C1OC(=O)OC1c1ccccc1. The maximum Gasteiger partial charge on any atom is 0.509 e. The van der Waals surface area contributed by atoms with Crippen molar-refractivity contribution in [3.63, 3.8) is 0 Å². The second kappa shape index (κ2) is 7.21. The Labute approximate surface area is 113 Å². The van der Waals surface area contributed by atoms with Gasteiger partial charge >= 0.3 is 6.16 Å². The summed E-state index contributed by atoms with van der Waals surface area (Å²) in [7, 11) is 0. The van der Waals surface area contributed by atoms with E-state index in [-0.39, 0.29) is 0 Å². The molecule has 3 heteroatoms. The van der Waals surface area contributed by atoms with Crippen molar-refractivity contribution in [3.05, 3.63) is 73.4 Å². The number of carbonyl (C=O) groups excluding carboxylic acids is 1. The van der Waals surface area contributed by atoms with Gasteiger partial charge in [-0.2, -0.15) is 0 Å². The van der Waals surface area contributed by atoms with E-state index in [1.54, 1.807) is 6.08 Å². The zero-order valence-electron chi connectivity index (χ0n) is 11.0. The van der Waals surface area contributed by atoms with Crippen LogP contribution in [0.2, 0.25) is 0 Å². The first-order valence-electron chi connectivity index (χ1n) is 5.97. The second-order valence-electron chi connectivity index (χ2n) is 3.73. The van der Waals surface area contributed by atoms with Crippen LogP contribution in [-0.4, -0.2) is 12.3 Å². The van der Waals surface area contributed by atoms with Crippen LogP contribution in [0.15, 0.2) is 67.8 Å². The molecular weight excluding hydrogens is 240 g/mol. The number of cyclic esters (lactones) is 2. The van der Waals surface area contributed by atoms with Crippen molar-refractivity contribution < 1.29 is 14.3 Å². The fourth-order valence-corrected chi connectivity index (χ4v) is 1.89. The van der Waals surface area contributed by atoms with Crippen LogP contribution >= 0.6 is 0 Å². The van der Waals surface area contributed by atoms with E-state index in [0.29, 0.717) is 0 Å². The molecule has 0 spiro atoms. The van der Waals surface area contributed by atoms with Crippen LogP contribution in [0.3, 0.4) is 0 Å². The summed E-state index contributed by atoms with van der Waals surface area (Å²) in [4.78, 5) is 11.3. The minimum absolute atomic E-state index is 0.395. The van der Waals surface area contributed by atoms with Crippen molar-refractivity contribution in [2.45, 2.75) is 19.1 Å². The summed E-state index contributed by atoms with van der Waals surface area (Å²) in [5.41, 5.74) is 1.77. The largest absolute Gasteiger partial charge is 0.509 e. The zero-order chi connectivity index (χ0) is 14.3. The van der Waals surface area contributed by atoms with Gasteiger partial charge in [0, 0.05) is 0 Å². The Balaban J connectivity index is 0.000000861. The molecule has 1 aliphatic rings. The number of hydrogen-bond acceptors (Lipinski definition) is 3. The minimum atomic E-state index is -0.634. The molecule has 1 fully saturated rings. The van der Waals surface area contributed by atoms with Gasteiger partial charge in [0.2, 0.25) is 0 Å². The highest BCUT2D eigenvalue weighted by molar-refractivity contribution is 5.64. The number of hydrogen-bond donors (Lipinski definition) is 0. The number of ether oxygens (including phenoxy) is 2. The van der Waals surface area contributed by atoms with E-state index in [9.17, 15) is 4.79 Å². The van der Waals surface area contributed by atoms with Gasteiger partial charge in [-0.3, -0.25) is 0 Å². The lowest BCUT2D eigenvalue weighted by Crippen LogP contribution is -2.16. The first-order chi connectivity index (χ1) is 9.26. The third kappa shape index (κ3) is 3.35. The summed E-state index contributed by atoms with van der Waals surface area (Å²) >= 11 is 0. The molecule has 2 unspecified atom stereocenters. The predicted molar refractivity (Wildman–Crippen MR) is 75.7 cm³/mol. The standard InChI is InChI=1S/C14H14O3.C2H4/c1-3-10(4-2)12-13(17-14(15)16-12)11-8-6-5-7-9-11;1-2/h3-9,12-13H,1H2,2H3;1-2H2/b10-4+;. The average Bonchev–Trinajstić information content (AvgIpc) is 2.85. The van der Waals surface area contributed by atoms with Gasteiger partial charge in [-0.25, -0.2) is 4.79 Å². The van der Waals surface area contributed by atoms with Crippen molar-refractivity contribution >= 4 is 6.16 Å². The lowest BCUT2D eigenvalue weighted by molar-refractivity contribution is 0.117. The molecular formula is C16H18O3. The molecule has 0 radical (unpaired) electrons. The third-order valence-electron chi connectivity index (χ3n) is 2.75. The maximum atomic E-state index is 11.3. The lowest BCUT2D eigenvalue weighted by atomic mass is 9.98. The summed E-state index contributed by atoms with van der Waals surface area (Å²) in [6.45, 7) is 11.6. The molecule has 0 N–H and O–H groups in total. The molecule has 0 bridgehead atoms. The van der Waals surface area contributed by atoms with Crippen molar-refractivity contribution in [1.29, 1.82) is 0 Å². The Hall–Kier alpha value is -2.29. The first kappa shape index (κ1) is 14.8. The summed E-state index contributed by atoms with van der Waals surface area (Å²) < 4.78 is 10.4. The molecule has 0 aromatic heterocycles. The van der Waals surface area contributed by atoms with Crippen LogP contribution in [0.1, 0.15) is 18.6 Å². The summed E-state index contributed by atoms with van der Waals surface area (Å²) in [5, 5.41) is 0. The van der Waals surface area contributed by atoms with E-state index in [0.717, 1.165) is 11.1 Å². The van der Waals surface area contributed by atoms with Crippen molar-refractivity contribution in [3.8, 4) is 0 Å². The van der Waals surface area contributed by atoms with Crippen molar-refractivity contribution in [2.75, 3.05) is 0 Å². The van der Waals surface area contributed by atoms with E-state index in [4.69, 9.17) is 9.47 Å². The van der Waals surface area contributed by atoms with E-state index < -0.39 is 18.4 Å². The molecule has 1 aromatic carbocycles. The molecule has 1 saturated heterocycles. The first-order valence-corrected chi connectivity index (χ1v) is 5.97. The zero-order valence-corrected chi connectivity index (χ0v) is 11.0. The van der Waals surface area contributed by atoms with Gasteiger partial charge in [0.15, 0.2) is 12.2 Å². The number of benzene rings is 1. The monoisotopic (exact) mass is 258 g/mol. The highest BCUT2D eigenvalue weighted by Gasteiger charge is 2.38. The Morgan fingerprint density at radius 1 is 1.21 bits per heavy atom. The lowest BCUT2D eigenvalue weighted by Gasteiger charge is -2.16. The highest BCUT2D eigenvalue weighted by Crippen LogP contribution is 2.34. The van der Waals surface area contributed by atoms with Gasteiger partial charge in [-0.15, -0.1) is 13.2 Å². The molecule has 0 saturated carbocycles. The molecule has 1 aromatic rings. The van der Waals surface area contributed by atoms with Crippen LogP contribution in [0, 0.1) is 0 Å². The fraction of sp³-hybridized carbons (Fsp3) is 0.188. The molecule has 3 nitrogen and oxygen atoms in total. The van der Waals surface area contributed by atoms with E-state index >= 15 is 0 Å². The molecule has 1 aliphatic heterocycles. The van der Waals surface area contributed by atoms with Crippen LogP contribution in [0.4, 0.5) is 4.79 Å². The van der Waals surface area contributed by atoms with Crippen LogP contribution in [0.25, 0.3) is 0 Å². The fourth-order valence-electron chi connectivity index (χ4n) is 1.89. The summed E-state index contributed by atoms with van der Waals surface area (Å²) in [5.74, 6) is 0. The smallest absolute Gasteiger partial charge is 0.422 e. The second-order valence-corrected chi connectivity index (χ2v) is 3.73. The van der Waals surface area contributed by atoms with E-state index in [2.05, 4.69) is 19.7 Å². The molecule has 100 valence electrons. The average molecular weight is 258 g/mol. The Bertz CT molecular complexity index is 462. The Morgan fingerprint density at radius 2 is 1.84 bits per heavy atom. The van der Waals surface area contributed by atoms with Crippen molar-refractivity contribution in [2.24, 2.45) is 0 Å². The summed E-state index contributed by atoms with van der Waals surface area (Å²) in [6, 6.07) is 9.55. The Morgan fingerprint density at radius 3 is 2.37 bits per heavy atom. The quantitative estimate of drug-likeness (QED) is 0.463. The molecule has 0 amide bonds. The van der Waals surface area contributed by atoms with Crippen LogP contribution in [-0.2, 0) is 9.47 Å². The number of carbonyl (C=O) groups is 1. The molecule has 0 aliphatic carbocycles. The van der Waals surface area contributed by atoms with Crippen LogP contribution in [0.5, 0.6) is 0 Å². The Kier molecular flexibility index (Phi) is 5.61. The minimum Gasteiger partial charge on any atom is -0.422 e. The van der Waals surface area contributed by atoms with E-state index in [1.807, 2.05) is 43.3 Å². The molecule has 2 atom stereocenters. The molecule has 1 heterocycles. The molecule has 2 rings (SSSR count). The van der Waals surface area contributed by atoms with Gasteiger partial charge < -0.3 is 9.47 Å². The van der Waals surface area contributed by atoms with Crippen molar-refractivity contribution in [1.82, 2.24) is 0 Å². The van der Waals surface area contributed by atoms with Gasteiger partial charge in [-0.1, -0.05) is 49.1 Å².